The molecule has 0 saturated carbocycles. The van der Waals surface area contributed by atoms with E-state index < -0.39 is 40.1 Å². The molecule has 0 atom stereocenters. The van der Waals surface area contributed by atoms with Crippen LogP contribution in [0, 0.1) is 21.8 Å². The highest BCUT2D eigenvalue weighted by molar-refractivity contribution is 5.93. The van der Waals surface area contributed by atoms with E-state index in [1.807, 2.05) is 44.2 Å². The zero-order valence-corrected chi connectivity index (χ0v) is 19.6. The Morgan fingerprint density at radius 3 is 2.53 bits per heavy atom. The summed E-state index contributed by atoms with van der Waals surface area (Å²) in [5, 5.41) is 13.6. The summed E-state index contributed by atoms with van der Waals surface area (Å²) in [7, 11) is 0. The second-order valence-corrected chi connectivity index (χ2v) is 8.68. The standard InChI is InChI=1S/C24H23FN6O5/c1-15(2)11-28-14-26-22-21(28)23(33)30(24(34)29(22)12-16-6-4-3-5-7-16)13-20(32)27-18-9-8-17(25)10-19(18)31(35)36/h3-10,14-15H,11-13H2,1-2H3,(H,27,32). The summed E-state index contributed by atoms with van der Waals surface area (Å²) in [4.78, 5) is 54.3. The number of halogens is 1. The van der Waals surface area contributed by atoms with Crippen molar-refractivity contribution in [2.45, 2.75) is 33.5 Å². The number of nitro groups is 1. The molecule has 0 fully saturated rings. The zero-order chi connectivity index (χ0) is 26.0. The summed E-state index contributed by atoms with van der Waals surface area (Å²) in [5.74, 6) is -1.53. The van der Waals surface area contributed by atoms with Crippen molar-refractivity contribution in [3.8, 4) is 0 Å². The van der Waals surface area contributed by atoms with Gasteiger partial charge < -0.3 is 9.88 Å². The van der Waals surface area contributed by atoms with Crippen molar-refractivity contribution >= 4 is 28.4 Å². The molecule has 0 aliphatic rings. The van der Waals surface area contributed by atoms with Crippen LogP contribution >= 0.6 is 0 Å². The van der Waals surface area contributed by atoms with Gasteiger partial charge in [0.2, 0.25) is 5.91 Å². The summed E-state index contributed by atoms with van der Waals surface area (Å²) in [5.41, 5.74) is -1.22. The quantitative estimate of drug-likeness (QED) is 0.296. The van der Waals surface area contributed by atoms with Crippen LogP contribution in [-0.4, -0.2) is 29.5 Å². The number of hydrogen-bond donors (Lipinski definition) is 1. The van der Waals surface area contributed by atoms with E-state index in [-0.39, 0.29) is 29.3 Å². The predicted molar refractivity (Wildman–Crippen MR) is 130 cm³/mol. The lowest BCUT2D eigenvalue weighted by atomic mass is 10.2. The molecule has 0 aliphatic heterocycles. The maximum atomic E-state index is 13.5. The molecule has 2 aromatic carbocycles. The number of anilines is 1. The van der Waals surface area contributed by atoms with E-state index in [4.69, 9.17) is 0 Å². The fraction of sp³-hybridized carbons (Fsp3) is 0.250. The molecule has 2 heterocycles. The number of amides is 1. The van der Waals surface area contributed by atoms with E-state index in [2.05, 4.69) is 10.3 Å². The minimum absolute atomic E-state index is 0.111. The highest BCUT2D eigenvalue weighted by atomic mass is 19.1. The fourth-order valence-corrected chi connectivity index (χ4v) is 3.91. The van der Waals surface area contributed by atoms with Crippen LogP contribution in [0.5, 0.6) is 0 Å². The van der Waals surface area contributed by atoms with Crippen LogP contribution in [0.2, 0.25) is 0 Å². The second kappa shape index (κ2) is 9.94. The van der Waals surface area contributed by atoms with Gasteiger partial charge in [-0.05, 0) is 23.6 Å². The highest BCUT2D eigenvalue weighted by Crippen LogP contribution is 2.25. The molecule has 0 saturated heterocycles. The first-order chi connectivity index (χ1) is 17.2. The van der Waals surface area contributed by atoms with Crippen LogP contribution in [0.4, 0.5) is 15.8 Å². The van der Waals surface area contributed by atoms with E-state index in [9.17, 15) is 28.9 Å². The molecule has 0 aliphatic carbocycles. The zero-order valence-electron chi connectivity index (χ0n) is 19.6. The van der Waals surface area contributed by atoms with Crippen molar-refractivity contribution in [2.75, 3.05) is 5.32 Å². The van der Waals surface area contributed by atoms with Crippen LogP contribution in [0.3, 0.4) is 0 Å². The highest BCUT2D eigenvalue weighted by Gasteiger charge is 2.22. The lowest BCUT2D eigenvalue weighted by molar-refractivity contribution is -0.384. The third-order valence-corrected chi connectivity index (χ3v) is 5.46. The molecule has 1 N–H and O–H groups in total. The van der Waals surface area contributed by atoms with Crippen LogP contribution in [0.25, 0.3) is 11.2 Å². The van der Waals surface area contributed by atoms with E-state index in [1.165, 1.54) is 10.9 Å². The van der Waals surface area contributed by atoms with Gasteiger partial charge in [0.05, 0.1) is 23.9 Å². The van der Waals surface area contributed by atoms with E-state index in [1.54, 1.807) is 4.57 Å². The van der Waals surface area contributed by atoms with Gasteiger partial charge in [-0.15, -0.1) is 0 Å². The number of carbonyl (C=O) groups is 1. The largest absolute Gasteiger partial charge is 0.333 e. The smallest absolute Gasteiger partial charge is 0.324 e. The first kappa shape index (κ1) is 24.5. The van der Waals surface area contributed by atoms with Gasteiger partial charge in [0.1, 0.15) is 18.0 Å². The average Bonchev–Trinajstić information content (AvgIpc) is 3.24. The van der Waals surface area contributed by atoms with Crippen molar-refractivity contribution in [2.24, 2.45) is 5.92 Å². The van der Waals surface area contributed by atoms with Gasteiger partial charge in [-0.25, -0.2) is 18.7 Å². The number of carbonyl (C=O) groups excluding carboxylic acids is 1. The lowest BCUT2D eigenvalue weighted by Crippen LogP contribution is -2.43. The summed E-state index contributed by atoms with van der Waals surface area (Å²) in [6, 6.07) is 11.8. The van der Waals surface area contributed by atoms with Crippen molar-refractivity contribution in [3.63, 3.8) is 0 Å². The van der Waals surface area contributed by atoms with E-state index >= 15 is 0 Å². The van der Waals surface area contributed by atoms with Crippen LogP contribution in [-0.2, 0) is 24.4 Å². The Balaban J connectivity index is 1.79. The number of benzene rings is 2. The fourth-order valence-electron chi connectivity index (χ4n) is 3.91. The molecule has 12 heteroatoms. The van der Waals surface area contributed by atoms with Crippen LogP contribution in [0.1, 0.15) is 19.4 Å². The Morgan fingerprint density at radius 1 is 1.14 bits per heavy atom. The Labute approximate surface area is 203 Å². The summed E-state index contributed by atoms with van der Waals surface area (Å²) in [6.07, 6.45) is 1.49. The molecule has 0 bridgehead atoms. The van der Waals surface area contributed by atoms with Crippen molar-refractivity contribution in [1.29, 1.82) is 0 Å². The monoisotopic (exact) mass is 494 g/mol. The van der Waals surface area contributed by atoms with Gasteiger partial charge in [-0.2, -0.15) is 0 Å². The molecule has 0 radical (unpaired) electrons. The number of imidazole rings is 1. The molecule has 0 unspecified atom stereocenters. The molecule has 4 aromatic rings. The number of nitrogens with one attached hydrogen (secondary N) is 1. The molecule has 1 amide bonds. The summed E-state index contributed by atoms with van der Waals surface area (Å²) >= 11 is 0. The number of nitro benzene ring substituents is 1. The molecule has 36 heavy (non-hydrogen) atoms. The maximum absolute atomic E-state index is 13.5. The molecule has 11 nitrogen and oxygen atoms in total. The van der Waals surface area contributed by atoms with Crippen LogP contribution < -0.4 is 16.6 Å². The van der Waals surface area contributed by atoms with Crippen molar-refractivity contribution in [1.82, 2.24) is 18.7 Å². The Hall–Kier alpha value is -4.61. The van der Waals surface area contributed by atoms with Gasteiger partial charge in [-0.3, -0.25) is 24.3 Å². The number of aromatic nitrogens is 4. The first-order valence-corrected chi connectivity index (χ1v) is 11.1. The first-order valence-electron chi connectivity index (χ1n) is 11.1. The Bertz CT molecular complexity index is 1570. The number of fused-ring (bicyclic) bond motifs is 1. The molecule has 2 aromatic heterocycles. The molecule has 0 spiro atoms. The predicted octanol–water partition coefficient (Wildman–Crippen LogP) is 2.75. The SMILES string of the molecule is CC(C)Cn1cnc2c1c(=O)n(CC(=O)Nc1ccc(F)cc1[N+](=O)[O-])c(=O)n2Cc1ccccc1. The molecule has 4 rings (SSSR count). The molecular weight excluding hydrogens is 471 g/mol. The van der Waals surface area contributed by atoms with Gasteiger partial charge in [0.15, 0.2) is 11.2 Å². The van der Waals surface area contributed by atoms with Gasteiger partial charge >= 0.3 is 5.69 Å². The topological polar surface area (TPSA) is 134 Å². The normalized spacial score (nSPS) is 11.2. The molecular formula is C24H23FN6O5. The number of hydrogen-bond acceptors (Lipinski definition) is 6. The van der Waals surface area contributed by atoms with Gasteiger partial charge in [-0.1, -0.05) is 44.2 Å². The number of rotatable bonds is 8. The van der Waals surface area contributed by atoms with Crippen molar-refractivity contribution in [3.05, 3.63) is 97.2 Å². The van der Waals surface area contributed by atoms with E-state index in [0.29, 0.717) is 12.6 Å². The lowest BCUT2D eigenvalue weighted by Gasteiger charge is -2.13. The van der Waals surface area contributed by atoms with Crippen LogP contribution in [0.15, 0.2) is 64.4 Å². The van der Waals surface area contributed by atoms with Crippen molar-refractivity contribution < 1.29 is 14.1 Å². The maximum Gasteiger partial charge on any atom is 0.333 e. The van der Waals surface area contributed by atoms with Gasteiger partial charge in [0.25, 0.3) is 11.2 Å². The Kier molecular flexibility index (Phi) is 6.77. The average molecular weight is 494 g/mol. The number of nitrogens with zero attached hydrogens (tertiary/aromatic N) is 5. The Morgan fingerprint density at radius 2 is 1.86 bits per heavy atom. The minimum atomic E-state index is -0.857. The molecule has 186 valence electrons. The van der Waals surface area contributed by atoms with Gasteiger partial charge in [0, 0.05) is 6.54 Å². The third-order valence-electron chi connectivity index (χ3n) is 5.46. The summed E-state index contributed by atoms with van der Waals surface area (Å²) in [6.45, 7) is 3.80. The second-order valence-electron chi connectivity index (χ2n) is 8.68. The minimum Gasteiger partial charge on any atom is -0.324 e. The summed E-state index contributed by atoms with van der Waals surface area (Å²) < 4.78 is 17.2. The van der Waals surface area contributed by atoms with E-state index in [0.717, 1.165) is 22.3 Å². The third kappa shape index (κ3) is 4.92.